The second-order valence-electron chi connectivity index (χ2n) is 4.52. The first-order chi connectivity index (χ1) is 9.65. The van der Waals surface area contributed by atoms with Crippen LogP contribution in [0.1, 0.15) is 27.4 Å². The molecule has 0 spiro atoms. The molecule has 1 unspecified atom stereocenters. The highest BCUT2D eigenvalue weighted by Crippen LogP contribution is 2.20. The lowest BCUT2D eigenvalue weighted by atomic mass is 10.2. The van der Waals surface area contributed by atoms with Crippen LogP contribution < -0.4 is 0 Å². The van der Waals surface area contributed by atoms with Gasteiger partial charge >= 0.3 is 5.97 Å². The molecular formula is C14H17NO4S. The number of hydrogen-bond acceptors (Lipinski definition) is 5. The minimum atomic E-state index is -0.343. The Morgan fingerprint density at radius 1 is 1.60 bits per heavy atom. The highest BCUT2D eigenvalue weighted by atomic mass is 32.1. The third-order valence-electron chi connectivity index (χ3n) is 3.26. The highest BCUT2D eigenvalue weighted by molar-refractivity contribution is 7.14. The predicted octanol–water partition coefficient (Wildman–Crippen LogP) is 1.53. The molecule has 2 rings (SSSR count). The van der Waals surface area contributed by atoms with Crippen LogP contribution in [0.15, 0.2) is 18.2 Å². The first-order valence-corrected chi connectivity index (χ1v) is 7.22. The molecule has 0 bridgehead atoms. The number of nitrogens with zero attached hydrogens (tertiary/aromatic N) is 1. The molecule has 1 fully saturated rings. The fraction of sp³-hybridized carbons (Fsp3) is 0.429. The molecule has 2 heterocycles. The van der Waals surface area contributed by atoms with Gasteiger partial charge in [0.05, 0.1) is 19.8 Å². The van der Waals surface area contributed by atoms with E-state index in [1.165, 1.54) is 18.4 Å². The summed E-state index contributed by atoms with van der Waals surface area (Å²) in [7, 11) is 1.35. The summed E-state index contributed by atoms with van der Waals surface area (Å²) >= 11 is 1.34. The summed E-state index contributed by atoms with van der Waals surface area (Å²) in [5.74, 6) is -0.264. The molecule has 1 aliphatic rings. The van der Waals surface area contributed by atoms with E-state index < -0.39 is 0 Å². The van der Waals surface area contributed by atoms with Crippen LogP contribution >= 0.6 is 11.3 Å². The summed E-state index contributed by atoms with van der Waals surface area (Å²) < 4.78 is 4.64. The lowest BCUT2D eigenvalue weighted by Gasteiger charge is -2.21. The molecule has 0 aromatic carbocycles. The van der Waals surface area contributed by atoms with E-state index in [0.717, 1.165) is 4.88 Å². The number of hydrogen-bond donors (Lipinski definition) is 1. The van der Waals surface area contributed by atoms with E-state index in [1.54, 1.807) is 11.0 Å². The molecule has 1 aromatic rings. The van der Waals surface area contributed by atoms with Crippen LogP contribution in [0, 0.1) is 0 Å². The van der Waals surface area contributed by atoms with Gasteiger partial charge in [0, 0.05) is 17.8 Å². The average molecular weight is 295 g/mol. The first kappa shape index (κ1) is 14.7. The Morgan fingerprint density at radius 2 is 2.40 bits per heavy atom. The maximum absolute atomic E-state index is 11.6. The Morgan fingerprint density at radius 3 is 3.10 bits per heavy atom. The number of amides is 1. The van der Waals surface area contributed by atoms with Crippen molar-refractivity contribution in [3.8, 4) is 0 Å². The number of thiophene rings is 1. The Hall–Kier alpha value is -1.66. The number of carbonyl (C=O) groups is 2. The number of aliphatic hydroxyl groups is 1. The summed E-state index contributed by atoms with van der Waals surface area (Å²) in [6.45, 7) is 0.487. The van der Waals surface area contributed by atoms with Crippen LogP contribution in [0.5, 0.6) is 0 Å². The third kappa shape index (κ3) is 3.26. The molecule has 108 valence electrons. The Kier molecular flexibility index (Phi) is 4.92. The van der Waals surface area contributed by atoms with E-state index in [1.807, 2.05) is 18.2 Å². The molecule has 20 heavy (non-hydrogen) atoms. The minimum absolute atomic E-state index is 0.00503. The molecule has 1 amide bonds. The number of rotatable bonds is 5. The number of methoxy groups -OCH3 is 1. The molecule has 0 saturated carbocycles. The monoisotopic (exact) mass is 295 g/mol. The molecule has 1 aliphatic heterocycles. The third-order valence-corrected chi connectivity index (χ3v) is 4.29. The van der Waals surface area contributed by atoms with Crippen molar-refractivity contribution >= 4 is 29.3 Å². The van der Waals surface area contributed by atoms with E-state index in [9.17, 15) is 14.7 Å². The number of aliphatic hydroxyl groups excluding tert-OH is 1. The van der Waals surface area contributed by atoms with Gasteiger partial charge in [0.25, 0.3) is 0 Å². The minimum Gasteiger partial charge on any atom is -0.465 e. The van der Waals surface area contributed by atoms with Crippen LogP contribution in [0.3, 0.4) is 0 Å². The summed E-state index contributed by atoms with van der Waals surface area (Å²) in [6.07, 6.45) is 4.97. The van der Waals surface area contributed by atoms with Crippen LogP contribution in [0.2, 0.25) is 0 Å². The van der Waals surface area contributed by atoms with Crippen LogP contribution in [0.25, 0.3) is 6.08 Å². The van der Waals surface area contributed by atoms with Crippen molar-refractivity contribution in [2.75, 3.05) is 20.3 Å². The average Bonchev–Trinajstić information content (AvgIpc) is 3.06. The number of ether oxygens (including phenoxy) is 1. The fourth-order valence-corrected chi connectivity index (χ4v) is 3.03. The van der Waals surface area contributed by atoms with Crippen molar-refractivity contribution in [3.05, 3.63) is 28.0 Å². The first-order valence-electron chi connectivity index (χ1n) is 6.40. The lowest BCUT2D eigenvalue weighted by molar-refractivity contribution is -0.128. The zero-order valence-electron chi connectivity index (χ0n) is 11.2. The van der Waals surface area contributed by atoms with Crippen molar-refractivity contribution in [1.29, 1.82) is 0 Å². The van der Waals surface area contributed by atoms with Gasteiger partial charge in [-0.3, -0.25) is 4.79 Å². The molecule has 1 aromatic heterocycles. The topological polar surface area (TPSA) is 66.8 Å². The zero-order chi connectivity index (χ0) is 14.5. The molecule has 0 radical (unpaired) electrons. The molecule has 6 heteroatoms. The Bertz CT molecular complexity index is 523. The van der Waals surface area contributed by atoms with Gasteiger partial charge in [0.15, 0.2) is 0 Å². The lowest BCUT2D eigenvalue weighted by Crippen LogP contribution is -2.35. The molecule has 1 N–H and O–H groups in total. The Labute approximate surface area is 121 Å². The van der Waals surface area contributed by atoms with Crippen molar-refractivity contribution in [2.45, 2.75) is 18.9 Å². The smallest absolute Gasteiger partial charge is 0.348 e. The largest absolute Gasteiger partial charge is 0.465 e. The van der Waals surface area contributed by atoms with Gasteiger partial charge < -0.3 is 14.7 Å². The van der Waals surface area contributed by atoms with Crippen molar-refractivity contribution in [3.63, 3.8) is 0 Å². The van der Waals surface area contributed by atoms with Crippen LogP contribution in [-0.4, -0.2) is 48.2 Å². The van der Waals surface area contributed by atoms with Gasteiger partial charge in [-0.05, 0) is 24.6 Å². The quantitative estimate of drug-likeness (QED) is 0.837. The number of esters is 1. The van der Waals surface area contributed by atoms with Gasteiger partial charge in [0.2, 0.25) is 5.91 Å². The summed E-state index contributed by atoms with van der Waals surface area (Å²) in [6, 6.07) is 3.48. The van der Waals surface area contributed by atoms with Crippen LogP contribution in [-0.2, 0) is 9.53 Å². The highest BCUT2D eigenvalue weighted by Gasteiger charge is 2.28. The maximum atomic E-state index is 11.6. The van der Waals surface area contributed by atoms with E-state index in [-0.39, 0.29) is 24.5 Å². The standard InChI is InChI=1S/C14H17NO4S/c1-19-14(18)12-6-5-11(20-12)3-2-8-15-10(9-16)4-7-13(15)17/h2-3,5-6,10,16H,4,7-9H2,1H3/b3-2+. The van der Waals surface area contributed by atoms with Gasteiger partial charge in [-0.2, -0.15) is 0 Å². The molecule has 1 atom stereocenters. The number of likely N-dealkylation sites (tertiary alicyclic amines) is 1. The Balaban J connectivity index is 1.94. The zero-order valence-corrected chi connectivity index (χ0v) is 12.1. The second kappa shape index (κ2) is 6.67. The van der Waals surface area contributed by atoms with E-state index in [2.05, 4.69) is 4.74 Å². The second-order valence-corrected chi connectivity index (χ2v) is 5.63. The van der Waals surface area contributed by atoms with E-state index >= 15 is 0 Å². The summed E-state index contributed by atoms with van der Waals surface area (Å²) in [4.78, 5) is 26.1. The van der Waals surface area contributed by atoms with Crippen molar-refractivity contribution in [2.24, 2.45) is 0 Å². The van der Waals surface area contributed by atoms with Crippen molar-refractivity contribution in [1.82, 2.24) is 4.90 Å². The van der Waals surface area contributed by atoms with E-state index in [0.29, 0.717) is 24.3 Å². The maximum Gasteiger partial charge on any atom is 0.348 e. The number of carbonyl (C=O) groups excluding carboxylic acids is 2. The van der Waals surface area contributed by atoms with Gasteiger partial charge in [-0.25, -0.2) is 4.79 Å². The van der Waals surface area contributed by atoms with Crippen LogP contribution in [0.4, 0.5) is 0 Å². The normalized spacial score (nSPS) is 19.0. The summed E-state index contributed by atoms with van der Waals surface area (Å²) in [5.41, 5.74) is 0. The van der Waals surface area contributed by atoms with Crippen molar-refractivity contribution < 1.29 is 19.4 Å². The SMILES string of the molecule is COC(=O)c1ccc(/C=C/CN2C(=O)CCC2CO)s1. The van der Waals surface area contributed by atoms with Gasteiger partial charge in [0.1, 0.15) is 4.88 Å². The fourth-order valence-electron chi connectivity index (χ4n) is 2.17. The predicted molar refractivity (Wildman–Crippen MR) is 76.5 cm³/mol. The van der Waals surface area contributed by atoms with E-state index in [4.69, 9.17) is 0 Å². The van der Waals surface area contributed by atoms with Gasteiger partial charge in [-0.1, -0.05) is 6.08 Å². The molecular weight excluding hydrogens is 278 g/mol. The molecule has 0 aliphatic carbocycles. The summed E-state index contributed by atoms with van der Waals surface area (Å²) in [5, 5.41) is 9.19. The molecule has 5 nitrogen and oxygen atoms in total. The van der Waals surface area contributed by atoms with Gasteiger partial charge in [-0.15, -0.1) is 11.3 Å². The molecule has 1 saturated heterocycles.